The number of furan rings is 1. The van der Waals surface area contributed by atoms with Crippen LogP contribution in [0.1, 0.15) is 26.6 Å². The molecule has 2 aromatic heterocycles. The molecule has 126 valence electrons. The van der Waals surface area contributed by atoms with Crippen LogP contribution in [0.5, 0.6) is 0 Å². The summed E-state index contributed by atoms with van der Waals surface area (Å²) in [6, 6.07) is 9.55. The lowest BCUT2D eigenvalue weighted by atomic mass is 10.1. The minimum atomic E-state index is -1.00. The van der Waals surface area contributed by atoms with Gasteiger partial charge in [0.25, 0.3) is 5.91 Å². The number of nitrogens with two attached hydrogens (primary N) is 1. The maximum atomic E-state index is 11.7. The molecular formula is C15H11N5O5. The van der Waals surface area contributed by atoms with Gasteiger partial charge in [0.2, 0.25) is 11.5 Å². The molecule has 2 heterocycles. The van der Waals surface area contributed by atoms with Crippen molar-refractivity contribution in [2.24, 2.45) is 5.10 Å². The lowest BCUT2D eigenvalue weighted by Gasteiger charge is -1.98. The summed E-state index contributed by atoms with van der Waals surface area (Å²) in [7, 11) is 0. The third-order valence-electron chi connectivity index (χ3n) is 3.13. The topological polar surface area (TPSA) is 157 Å². The van der Waals surface area contributed by atoms with Gasteiger partial charge in [0, 0.05) is 5.56 Å². The highest BCUT2D eigenvalue weighted by Gasteiger charge is 2.15. The van der Waals surface area contributed by atoms with Crippen LogP contribution in [-0.4, -0.2) is 33.5 Å². The number of nitrogen functional groups attached to an aromatic ring is 1. The molecule has 1 amide bonds. The van der Waals surface area contributed by atoms with Gasteiger partial charge in [0.15, 0.2) is 0 Å². The Morgan fingerprint density at radius 1 is 1.16 bits per heavy atom. The lowest BCUT2D eigenvalue weighted by Crippen LogP contribution is -2.19. The molecule has 3 rings (SSSR count). The van der Waals surface area contributed by atoms with E-state index in [2.05, 4.69) is 25.5 Å². The van der Waals surface area contributed by atoms with E-state index in [4.69, 9.17) is 15.3 Å². The van der Waals surface area contributed by atoms with Gasteiger partial charge in [-0.15, -0.1) is 0 Å². The van der Waals surface area contributed by atoms with Gasteiger partial charge in [0.1, 0.15) is 11.5 Å². The van der Waals surface area contributed by atoms with Crippen molar-refractivity contribution in [3.63, 3.8) is 0 Å². The number of anilines is 1. The van der Waals surface area contributed by atoms with Crippen LogP contribution in [0.15, 0.2) is 50.5 Å². The number of aromatic nitrogens is 2. The fraction of sp³-hybridized carbons (Fsp3) is 0. The Kier molecular flexibility index (Phi) is 4.24. The Hall–Kier alpha value is -3.95. The summed E-state index contributed by atoms with van der Waals surface area (Å²) in [6.07, 6.45) is 1.29. The van der Waals surface area contributed by atoms with Crippen LogP contribution in [0, 0.1) is 0 Å². The lowest BCUT2D eigenvalue weighted by molar-refractivity contribution is 0.0696. The number of benzene rings is 1. The third kappa shape index (κ3) is 3.52. The van der Waals surface area contributed by atoms with Crippen molar-refractivity contribution in [3.8, 4) is 11.3 Å². The first kappa shape index (κ1) is 15.9. The van der Waals surface area contributed by atoms with Crippen molar-refractivity contribution in [1.29, 1.82) is 0 Å². The zero-order chi connectivity index (χ0) is 17.8. The second kappa shape index (κ2) is 6.66. The zero-order valence-electron chi connectivity index (χ0n) is 12.5. The summed E-state index contributed by atoms with van der Waals surface area (Å²) in [6.45, 7) is 0. The normalized spacial score (nSPS) is 10.9. The minimum Gasteiger partial charge on any atom is -0.478 e. The predicted molar refractivity (Wildman–Crippen MR) is 84.9 cm³/mol. The molecule has 0 aliphatic heterocycles. The number of carboxylic acid groups (broad SMARTS) is 1. The van der Waals surface area contributed by atoms with Gasteiger partial charge < -0.3 is 15.3 Å². The van der Waals surface area contributed by atoms with E-state index >= 15 is 0 Å². The van der Waals surface area contributed by atoms with Crippen LogP contribution < -0.4 is 11.2 Å². The molecule has 0 fully saturated rings. The summed E-state index contributed by atoms with van der Waals surface area (Å²) in [5, 5.41) is 19.2. The second-order valence-corrected chi connectivity index (χ2v) is 4.78. The highest BCUT2D eigenvalue weighted by molar-refractivity contribution is 5.96. The third-order valence-corrected chi connectivity index (χ3v) is 3.13. The average molecular weight is 341 g/mol. The van der Waals surface area contributed by atoms with E-state index in [9.17, 15) is 9.59 Å². The number of carbonyl (C=O) groups excluding carboxylic acids is 1. The van der Waals surface area contributed by atoms with Crippen molar-refractivity contribution in [2.45, 2.75) is 0 Å². The molecule has 10 heteroatoms. The fourth-order valence-corrected chi connectivity index (χ4v) is 1.91. The van der Waals surface area contributed by atoms with Crippen LogP contribution in [-0.2, 0) is 0 Å². The molecule has 0 radical (unpaired) electrons. The predicted octanol–water partition coefficient (Wildman–Crippen LogP) is 1.37. The Bertz CT molecular complexity index is 941. The van der Waals surface area contributed by atoms with Gasteiger partial charge in [-0.1, -0.05) is 12.1 Å². The highest BCUT2D eigenvalue weighted by Crippen LogP contribution is 2.22. The quantitative estimate of drug-likeness (QED) is 0.464. The molecule has 0 bridgehead atoms. The molecule has 0 saturated heterocycles. The van der Waals surface area contributed by atoms with Crippen molar-refractivity contribution in [2.75, 3.05) is 5.73 Å². The Morgan fingerprint density at radius 3 is 2.56 bits per heavy atom. The largest absolute Gasteiger partial charge is 0.478 e. The van der Waals surface area contributed by atoms with Gasteiger partial charge in [-0.3, -0.25) is 4.79 Å². The molecule has 0 aliphatic rings. The van der Waals surface area contributed by atoms with Crippen LogP contribution >= 0.6 is 0 Å². The Morgan fingerprint density at radius 2 is 1.92 bits per heavy atom. The molecule has 3 aromatic rings. The molecule has 1 aromatic carbocycles. The van der Waals surface area contributed by atoms with E-state index in [1.54, 1.807) is 24.3 Å². The fourth-order valence-electron chi connectivity index (χ4n) is 1.91. The van der Waals surface area contributed by atoms with Gasteiger partial charge in [0.05, 0.1) is 11.8 Å². The van der Waals surface area contributed by atoms with Crippen LogP contribution in [0.2, 0.25) is 0 Å². The van der Waals surface area contributed by atoms with Gasteiger partial charge in [-0.2, -0.15) is 5.10 Å². The summed E-state index contributed by atoms with van der Waals surface area (Å²) >= 11 is 0. The first-order valence-electron chi connectivity index (χ1n) is 6.89. The van der Waals surface area contributed by atoms with E-state index < -0.39 is 11.9 Å². The summed E-state index contributed by atoms with van der Waals surface area (Å²) in [5.74, 6) is -0.917. The van der Waals surface area contributed by atoms with E-state index in [0.717, 1.165) is 0 Å². The number of carbonyl (C=O) groups is 2. The number of hydrazone groups is 1. The summed E-state index contributed by atoms with van der Waals surface area (Å²) < 4.78 is 9.86. The zero-order valence-corrected chi connectivity index (χ0v) is 12.5. The standard InChI is InChI=1S/C15H11N5O5/c16-13-12(19-25-20-13)14(21)18-17-7-10-5-6-11(24-10)8-1-3-9(4-2-8)15(22)23/h1-7H,(H2,16,20)(H,18,21)(H,22,23)/b17-7-. The molecule has 0 saturated carbocycles. The van der Waals surface area contributed by atoms with Crippen molar-refractivity contribution in [1.82, 2.24) is 15.7 Å². The molecule has 25 heavy (non-hydrogen) atoms. The number of hydrogen-bond acceptors (Lipinski definition) is 8. The SMILES string of the molecule is Nc1nonc1C(=O)N/N=C\c1ccc(-c2ccc(C(=O)O)cc2)o1. The number of nitrogens with one attached hydrogen (secondary N) is 1. The molecule has 10 nitrogen and oxygen atoms in total. The highest BCUT2D eigenvalue weighted by atomic mass is 16.6. The number of hydrogen-bond donors (Lipinski definition) is 3. The second-order valence-electron chi connectivity index (χ2n) is 4.78. The smallest absolute Gasteiger partial charge is 0.335 e. The summed E-state index contributed by atoms with van der Waals surface area (Å²) in [5.41, 5.74) is 8.31. The molecule has 0 aliphatic carbocycles. The average Bonchev–Trinajstić information content (AvgIpc) is 3.24. The first-order valence-corrected chi connectivity index (χ1v) is 6.89. The van der Waals surface area contributed by atoms with E-state index in [1.165, 1.54) is 18.3 Å². The van der Waals surface area contributed by atoms with Crippen molar-refractivity contribution in [3.05, 3.63) is 53.4 Å². The molecule has 0 unspecified atom stereocenters. The maximum Gasteiger partial charge on any atom is 0.335 e. The number of amides is 1. The number of aromatic carboxylic acids is 1. The van der Waals surface area contributed by atoms with Crippen molar-refractivity contribution < 1.29 is 23.7 Å². The van der Waals surface area contributed by atoms with Gasteiger partial charge >= 0.3 is 5.97 Å². The van der Waals surface area contributed by atoms with Crippen LogP contribution in [0.25, 0.3) is 11.3 Å². The van der Waals surface area contributed by atoms with E-state index in [-0.39, 0.29) is 17.1 Å². The Balaban J connectivity index is 1.66. The van der Waals surface area contributed by atoms with Gasteiger partial charge in [-0.05, 0) is 34.6 Å². The van der Waals surface area contributed by atoms with Gasteiger partial charge in [-0.25, -0.2) is 14.8 Å². The molecule has 4 N–H and O–H groups in total. The number of carboxylic acids is 1. The van der Waals surface area contributed by atoms with E-state index in [1.807, 2.05) is 0 Å². The minimum absolute atomic E-state index is 0.141. The van der Waals surface area contributed by atoms with E-state index in [0.29, 0.717) is 17.1 Å². The summed E-state index contributed by atoms with van der Waals surface area (Å²) in [4.78, 5) is 22.5. The van der Waals surface area contributed by atoms with Crippen LogP contribution in [0.3, 0.4) is 0 Å². The number of rotatable bonds is 5. The van der Waals surface area contributed by atoms with Crippen molar-refractivity contribution >= 4 is 23.9 Å². The first-order chi connectivity index (χ1) is 12.0. The monoisotopic (exact) mass is 341 g/mol. The molecular weight excluding hydrogens is 330 g/mol. The van der Waals surface area contributed by atoms with Crippen LogP contribution in [0.4, 0.5) is 5.82 Å². The number of nitrogens with zero attached hydrogens (tertiary/aromatic N) is 3. The Labute approximate surface area is 139 Å². The molecule has 0 spiro atoms. The molecule has 0 atom stereocenters. The maximum absolute atomic E-state index is 11.7.